The molecule has 0 saturated heterocycles. The first-order valence-corrected chi connectivity index (χ1v) is 11.1. The van der Waals surface area contributed by atoms with E-state index in [1.165, 1.54) is 0 Å². The van der Waals surface area contributed by atoms with Crippen molar-refractivity contribution in [1.29, 1.82) is 0 Å². The monoisotopic (exact) mass is 696 g/mol. The lowest BCUT2D eigenvalue weighted by Gasteiger charge is -2.38. The lowest BCUT2D eigenvalue weighted by molar-refractivity contribution is -0.121. The third kappa shape index (κ3) is 8.27. The summed E-state index contributed by atoms with van der Waals surface area (Å²) in [5.74, 6) is -0.293. The number of hydrogen-bond acceptors (Lipinski definition) is 2. The van der Waals surface area contributed by atoms with Crippen molar-refractivity contribution in [1.82, 2.24) is 10.6 Å². The molecule has 0 aromatic carbocycles. The molecule has 0 radical (unpaired) electrons. The summed E-state index contributed by atoms with van der Waals surface area (Å²) in [6.45, 7) is 8.44. The van der Waals surface area contributed by atoms with Crippen molar-refractivity contribution in [2.24, 2.45) is 11.3 Å². The van der Waals surface area contributed by atoms with Crippen molar-refractivity contribution in [3.05, 3.63) is 0 Å². The summed E-state index contributed by atoms with van der Waals surface area (Å²) in [7, 11) is 0. The van der Waals surface area contributed by atoms with Gasteiger partial charge in [-0.3, -0.25) is 9.59 Å². The van der Waals surface area contributed by atoms with Crippen LogP contribution in [0.1, 0.15) is 27.7 Å². The molecule has 1 unspecified atom stereocenters. The van der Waals surface area contributed by atoms with Crippen LogP contribution in [-0.2, 0) is 9.59 Å². The Morgan fingerprint density at radius 2 is 1.32 bits per heavy atom. The summed E-state index contributed by atoms with van der Waals surface area (Å²) in [5.41, 5.74) is -0.351. The third-order valence-corrected chi connectivity index (χ3v) is 5.18. The van der Waals surface area contributed by atoms with E-state index in [2.05, 4.69) is 106 Å². The van der Waals surface area contributed by atoms with Crippen molar-refractivity contribution < 1.29 is 9.59 Å². The zero-order chi connectivity index (χ0) is 17.9. The summed E-state index contributed by atoms with van der Waals surface area (Å²) in [6.07, 6.45) is 0. The molecule has 0 heterocycles. The predicted octanol–water partition coefficient (Wildman–Crippen LogP) is 4.95. The standard InChI is InChI=1S/C12H18Br6N2O2/c1-6(2)7(20-9(22)12(16,17)18)10(3,4)5-19-8(21)11(13,14)15/h6-7H,5H2,1-4H3,(H,19,21)(H,20,22). The molecule has 0 spiro atoms. The van der Waals surface area contributed by atoms with Crippen LogP contribution in [-0.4, -0.2) is 28.7 Å². The molecule has 0 aromatic rings. The minimum Gasteiger partial charge on any atom is -0.353 e. The van der Waals surface area contributed by atoms with Gasteiger partial charge in [0.05, 0.1) is 0 Å². The summed E-state index contributed by atoms with van der Waals surface area (Å²) < 4.78 is -1.99. The molecule has 0 aliphatic heterocycles. The lowest BCUT2D eigenvalue weighted by Crippen LogP contribution is -2.55. The second kappa shape index (κ2) is 8.96. The second-order valence-electron chi connectivity index (χ2n) is 5.86. The Bertz CT molecular complexity index is 415. The van der Waals surface area contributed by atoms with Gasteiger partial charge < -0.3 is 10.6 Å². The van der Waals surface area contributed by atoms with E-state index in [9.17, 15) is 9.59 Å². The first-order valence-electron chi connectivity index (χ1n) is 6.31. The highest BCUT2D eigenvalue weighted by atomic mass is 80.0. The van der Waals surface area contributed by atoms with Gasteiger partial charge in [-0.2, -0.15) is 0 Å². The predicted molar refractivity (Wildman–Crippen MR) is 113 cm³/mol. The SMILES string of the molecule is CC(C)C(NC(=O)C(Br)(Br)Br)C(C)(C)CNC(=O)C(Br)(Br)Br. The van der Waals surface area contributed by atoms with Crippen molar-refractivity contribution in [3.63, 3.8) is 0 Å². The Morgan fingerprint density at radius 1 is 0.909 bits per heavy atom. The molecule has 10 heteroatoms. The molecular formula is C12H18Br6N2O2. The van der Waals surface area contributed by atoms with Gasteiger partial charge in [0, 0.05) is 18.0 Å². The number of amides is 2. The topological polar surface area (TPSA) is 58.2 Å². The van der Waals surface area contributed by atoms with Crippen LogP contribution in [0.25, 0.3) is 0 Å². The third-order valence-electron chi connectivity index (χ3n) is 3.01. The van der Waals surface area contributed by atoms with Gasteiger partial charge in [-0.25, -0.2) is 0 Å². The van der Waals surface area contributed by atoms with Crippen LogP contribution < -0.4 is 10.6 Å². The van der Waals surface area contributed by atoms with Crippen LogP contribution in [0.15, 0.2) is 0 Å². The molecule has 130 valence electrons. The second-order valence-corrected chi connectivity index (χ2v) is 19.4. The van der Waals surface area contributed by atoms with Gasteiger partial charge in [0.2, 0.25) is 4.29 Å². The molecule has 2 N–H and O–H groups in total. The van der Waals surface area contributed by atoms with Crippen LogP contribution in [0.2, 0.25) is 0 Å². The smallest absolute Gasteiger partial charge is 0.258 e. The Hall–Kier alpha value is 1.82. The van der Waals surface area contributed by atoms with E-state index < -0.39 is 4.29 Å². The quantitative estimate of drug-likeness (QED) is 0.399. The van der Waals surface area contributed by atoms with E-state index in [-0.39, 0.29) is 29.2 Å². The highest BCUT2D eigenvalue weighted by Crippen LogP contribution is 2.36. The van der Waals surface area contributed by atoms with E-state index in [0.29, 0.717) is 6.54 Å². The summed E-state index contributed by atoms with van der Waals surface area (Å²) in [5, 5.41) is 5.84. The molecule has 0 aromatic heterocycles. The number of carbonyl (C=O) groups is 2. The molecular weight excluding hydrogens is 684 g/mol. The van der Waals surface area contributed by atoms with Crippen molar-refractivity contribution in [3.8, 4) is 0 Å². The average Bonchev–Trinajstić information content (AvgIpc) is 2.29. The van der Waals surface area contributed by atoms with Crippen molar-refractivity contribution in [2.75, 3.05) is 6.54 Å². The van der Waals surface area contributed by atoms with Gasteiger partial charge in [0.1, 0.15) is 0 Å². The average molecular weight is 702 g/mol. The number of hydrogen-bond donors (Lipinski definition) is 2. The molecule has 0 rings (SSSR count). The van der Waals surface area contributed by atoms with E-state index in [0.717, 1.165) is 0 Å². The van der Waals surface area contributed by atoms with E-state index >= 15 is 0 Å². The molecule has 4 nitrogen and oxygen atoms in total. The van der Waals surface area contributed by atoms with Gasteiger partial charge in [0.15, 0.2) is 0 Å². The molecule has 2 amide bonds. The Kier molecular flexibility index (Phi) is 9.70. The van der Waals surface area contributed by atoms with Gasteiger partial charge >= 0.3 is 0 Å². The van der Waals surface area contributed by atoms with E-state index in [4.69, 9.17) is 0 Å². The fourth-order valence-electron chi connectivity index (χ4n) is 2.01. The largest absolute Gasteiger partial charge is 0.353 e. The highest BCUT2D eigenvalue weighted by Gasteiger charge is 2.39. The van der Waals surface area contributed by atoms with Gasteiger partial charge in [-0.15, -0.1) is 0 Å². The number of nitrogens with one attached hydrogen (secondary N) is 2. The maximum absolute atomic E-state index is 12.2. The maximum atomic E-state index is 12.2. The van der Waals surface area contributed by atoms with E-state index in [1.807, 2.05) is 27.7 Å². The molecule has 0 aliphatic rings. The molecule has 22 heavy (non-hydrogen) atoms. The lowest BCUT2D eigenvalue weighted by atomic mass is 9.78. The van der Waals surface area contributed by atoms with Crippen LogP contribution in [0.4, 0.5) is 0 Å². The minimum atomic E-state index is -1.00. The first kappa shape index (κ1) is 23.8. The molecule has 0 saturated carbocycles. The molecule has 0 bridgehead atoms. The number of alkyl halides is 6. The molecule has 0 fully saturated rings. The van der Waals surface area contributed by atoms with Gasteiger partial charge in [-0.1, -0.05) is 27.7 Å². The number of rotatable bonds is 5. The van der Waals surface area contributed by atoms with E-state index in [1.54, 1.807) is 0 Å². The minimum absolute atomic E-state index is 0.136. The Morgan fingerprint density at radius 3 is 1.64 bits per heavy atom. The summed E-state index contributed by atoms with van der Waals surface area (Å²) >= 11 is 19.2. The van der Waals surface area contributed by atoms with Crippen molar-refractivity contribution >= 4 is 107 Å². The summed E-state index contributed by atoms with van der Waals surface area (Å²) in [6, 6.07) is -0.136. The van der Waals surface area contributed by atoms with Crippen LogP contribution >= 0.6 is 95.6 Å². The van der Waals surface area contributed by atoms with Crippen LogP contribution in [0.5, 0.6) is 0 Å². The first-order chi connectivity index (χ1) is 9.59. The Balaban J connectivity index is 5.00. The summed E-state index contributed by atoms with van der Waals surface area (Å²) in [4.78, 5) is 24.1. The zero-order valence-corrected chi connectivity index (χ0v) is 22.0. The number of carbonyl (C=O) groups excluding carboxylic acids is 2. The van der Waals surface area contributed by atoms with Crippen LogP contribution in [0, 0.1) is 11.3 Å². The fourth-order valence-corrected chi connectivity index (χ4v) is 2.77. The highest BCUT2D eigenvalue weighted by molar-refractivity contribution is 9.40. The Labute approximate surface area is 181 Å². The maximum Gasteiger partial charge on any atom is 0.258 e. The number of halogens is 6. The van der Waals surface area contributed by atoms with Crippen molar-refractivity contribution in [2.45, 2.75) is 38.0 Å². The molecule has 1 atom stereocenters. The zero-order valence-electron chi connectivity index (χ0n) is 12.4. The van der Waals surface area contributed by atoms with Gasteiger partial charge in [0.25, 0.3) is 11.8 Å². The fraction of sp³-hybridized carbons (Fsp3) is 0.833. The van der Waals surface area contributed by atoms with Gasteiger partial charge in [-0.05, 0) is 101 Å². The molecule has 0 aliphatic carbocycles. The normalized spacial score (nSPS) is 14.7. The van der Waals surface area contributed by atoms with Crippen LogP contribution in [0.3, 0.4) is 0 Å².